The van der Waals surface area contributed by atoms with Gasteiger partial charge in [0.25, 0.3) is 0 Å². The average Bonchev–Trinajstić information content (AvgIpc) is 3.01. The van der Waals surface area contributed by atoms with Crippen LogP contribution < -0.4 is 5.32 Å². The normalized spacial score (nSPS) is 19.8. The summed E-state index contributed by atoms with van der Waals surface area (Å²) in [5, 5.41) is 8.10. The van der Waals surface area contributed by atoms with E-state index >= 15 is 0 Å². The maximum atomic E-state index is 5.26. The number of aliphatic imine (C=N–C) groups is 1. The third-order valence-electron chi connectivity index (χ3n) is 3.73. The molecule has 1 aliphatic heterocycles. The fourth-order valence-corrected chi connectivity index (χ4v) is 3.56. The Bertz CT molecular complexity index is 488. The van der Waals surface area contributed by atoms with E-state index in [1.807, 2.05) is 7.05 Å². The molecule has 22 heavy (non-hydrogen) atoms. The lowest BCUT2D eigenvalue weighted by Crippen LogP contribution is -2.48. The number of guanidine groups is 1. The van der Waals surface area contributed by atoms with Crippen LogP contribution >= 0.6 is 11.8 Å². The maximum absolute atomic E-state index is 5.26. The molecule has 1 aliphatic rings. The van der Waals surface area contributed by atoms with Gasteiger partial charge in [0.1, 0.15) is 0 Å². The summed E-state index contributed by atoms with van der Waals surface area (Å²) in [6.07, 6.45) is 1.93. The number of hydrogen-bond acceptors (Lipinski definition) is 5. The van der Waals surface area contributed by atoms with Gasteiger partial charge in [-0.3, -0.25) is 4.99 Å². The molecule has 6 nitrogen and oxygen atoms in total. The fraction of sp³-hybridized carbons (Fsp3) is 0.800. The first-order chi connectivity index (χ1) is 10.6. The quantitative estimate of drug-likeness (QED) is 0.661. The van der Waals surface area contributed by atoms with Gasteiger partial charge in [0.05, 0.1) is 0 Å². The molecule has 0 radical (unpaired) electrons. The Hall–Kier alpha value is -1.24. The summed E-state index contributed by atoms with van der Waals surface area (Å²) >= 11 is 2.06. The molecule has 0 amide bonds. The van der Waals surface area contributed by atoms with Crippen LogP contribution in [-0.2, 0) is 6.42 Å². The lowest BCUT2D eigenvalue weighted by molar-refractivity contribution is 0.368. The molecule has 2 rings (SSSR count). The fourth-order valence-electron chi connectivity index (χ4n) is 2.38. The smallest absolute Gasteiger partial charge is 0.228 e. The van der Waals surface area contributed by atoms with E-state index in [1.165, 1.54) is 12.2 Å². The van der Waals surface area contributed by atoms with Gasteiger partial charge in [-0.1, -0.05) is 25.9 Å². The van der Waals surface area contributed by atoms with Crippen molar-refractivity contribution in [3.05, 3.63) is 11.7 Å². The van der Waals surface area contributed by atoms with Crippen LogP contribution in [0, 0.1) is 0 Å². The first kappa shape index (κ1) is 17.1. The molecule has 1 fully saturated rings. The van der Waals surface area contributed by atoms with Crippen molar-refractivity contribution in [2.24, 2.45) is 4.99 Å². The topological polar surface area (TPSA) is 66.5 Å². The zero-order chi connectivity index (χ0) is 15.9. The minimum absolute atomic E-state index is 0.301. The van der Waals surface area contributed by atoms with Crippen molar-refractivity contribution in [2.45, 2.75) is 44.8 Å². The number of aromatic nitrogens is 2. The Balaban J connectivity index is 1.81. The predicted molar refractivity (Wildman–Crippen MR) is 91.6 cm³/mol. The van der Waals surface area contributed by atoms with Crippen molar-refractivity contribution in [1.82, 2.24) is 20.4 Å². The Labute approximate surface area is 137 Å². The minimum atomic E-state index is 0.301. The second kappa shape index (κ2) is 8.41. The molecule has 1 N–H and O–H groups in total. The molecule has 0 bridgehead atoms. The zero-order valence-electron chi connectivity index (χ0n) is 14.0. The number of nitrogens with one attached hydrogen (secondary N) is 1. The molecular formula is C15H27N5OS. The Morgan fingerprint density at radius 3 is 3.00 bits per heavy atom. The first-order valence-corrected chi connectivity index (χ1v) is 9.08. The monoisotopic (exact) mass is 325 g/mol. The van der Waals surface area contributed by atoms with Gasteiger partial charge in [0, 0.05) is 50.0 Å². The van der Waals surface area contributed by atoms with E-state index in [2.05, 4.69) is 57.9 Å². The molecular weight excluding hydrogens is 298 g/mol. The molecule has 1 saturated heterocycles. The summed E-state index contributed by atoms with van der Waals surface area (Å²) in [4.78, 5) is 11.1. The Kier molecular flexibility index (Phi) is 6.54. The Morgan fingerprint density at radius 1 is 1.55 bits per heavy atom. The van der Waals surface area contributed by atoms with Crippen LogP contribution in [-0.4, -0.2) is 58.7 Å². The summed E-state index contributed by atoms with van der Waals surface area (Å²) in [7, 11) is 1.84. The Morgan fingerprint density at radius 2 is 2.36 bits per heavy atom. The van der Waals surface area contributed by atoms with E-state index in [0.29, 0.717) is 17.1 Å². The average molecular weight is 325 g/mol. The van der Waals surface area contributed by atoms with E-state index in [0.717, 1.165) is 37.8 Å². The van der Waals surface area contributed by atoms with Crippen LogP contribution in [0.2, 0.25) is 0 Å². The van der Waals surface area contributed by atoms with Crippen molar-refractivity contribution < 1.29 is 4.52 Å². The number of hydrogen-bond donors (Lipinski definition) is 1. The standard InChI is InChI=1S/C15H27N5OS/c1-5-12-10-20(8-9-22-12)15(16-4)17-7-6-13-18-14(11(2)3)19-21-13/h11-12H,5-10H2,1-4H3,(H,16,17). The third kappa shape index (κ3) is 4.63. The van der Waals surface area contributed by atoms with Gasteiger partial charge in [-0.15, -0.1) is 0 Å². The van der Waals surface area contributed by atoms with Crippen molar-refractivity contribution in [3.8, 4) is 0 Å². The zero-order valence-corrected chi connectivity index (χ0v) is 14.8. The molecule has 1 aromatic rings. The van der Waals surface area contributed by atoms with Crippen molar-refractivity contribution in [2.75, 3.05) is 32.4 Å². The van der Waals surface area contributed by atoms with Gasteiger partial charge in [0.15, 0.2) is 11.8 Å². The van der Waals surface area contributed by atoms with Gasteiger partial charge in [-0.2, -0.15) is 16.7 Å². The minimum Gasteiger partial charge on any atom is -0.356 e. The SMILES string of the molecule is CCC1CN(C(=NC)NCCc2nc(C(C)C)no2)CCS1. The number of rotatable bonds is 5. The highest BCUT2D eigenvalue weighted by Gasteiger charge is 2.21. The summed E-state index contributed by atoms with van der Waals surface area (Å²) < 4.78 is 5.26. The van der Waals surface area contributed by atoms with Gasteiger partial charge >= 0.3 is 0 Å². The second-order valence-corrected chi connectivity index (χ2v) is 7.18. The van der Waals surface area contributed by atoms with Crippen molar-refractivity contribution in [3.63, 3.8) is 0 Å². The molecule has 1 aromatic heterocycles. The molecule has 2 heterocycles. The van der Waals surface area contributed by atoms with Crippen LogP contribution in [0.5, 0.6) is 0 Å². The van der Waals surface area contributed by atoms with Crippen LogP contribution in [0.3, 0.4) is 0 Å². The summed E-state index contributed by atoms with van der Waals surface area (Å²) in [5.74, 6) is 3.91. The highest BCUT2D eigenvalue weighted by Crippen LogP contribution is 2.20. The lowest BCUT2D eigenvalue weighted by Gasteiger charge is -2.34. The van der Waals surface area contributed by atoms with E-state index in [1.54, 1.807) is 0 Å². The molecule has 1 atom stereocenters. The molecule has 1 unspecified atom stereocenters. The summed E-state index contributed by atoms with van der Waals surface area (Å²) in [6.45, 7) is 9.25. The molecule has 0 spiro atoms. The van der Waals surface area contributed by atoms with E-state index in [-0.39, 0.29) is 0 Å². The van der Waals surface area contributed by atoms with Crippen LogP contribution in [0.25, 0.3) is 0 Å². The molecule has 7 heteroatoms. The van der Waals surface area contributed by atoms with Crippen LogP contribution in [0.15, 0.2) is 9.52 Å². The van der Waals surface area contributed by atoms with Gasteiger partial charge < -0.3 is 14.7 Å². The summed E-state index contributed by atoms with van der Waals surface area (Å²) in [6, 6.07) is 0. The van der Waals surface area contributed by atoms with Gasteiger partial charge in [-0.05, 0) is 6.42 Å². The van der Waals surface area contributed by atoms with Crippen LogP contribution in [0.4, 0.5) is 0 Å². The summed E-state index contributed by atoms with van der Waals surface area (Å²) in [5.41, 5.74) is 0. The molecule has 0 saturated carbocycles. The molecule has 124 valence electrons. The second-order valence-electron chi connectivity index (χ2n) is 5.77. The van der Waals surface area contributed by atoms with Crippen molar-refractivity contribution in [1.29, 1.82) is 0 Å². The van der Waals surface area contributed by atoms with E-state index in [4.69, 9.17) is 4.52 Å². The molecule has 0 aromatic carbocycles. The third-order valence-corrected chi connectivity index (χ3v) is 5.10. The largest absolute Gasteiger partial charge is 0.356 e. The highest BCUT2D eigenvalue weighted by atomic mass is 32.2. The number of thioether (sulfide) groups is 1. The van der Waals surface area contributed by atoms with Gasteiger partial charge in [0.2, 0.25) is 5.89 Å². The first-order valence-electron chi connectivity index (χ1n) is 8.03. The van der Waals surface area contributed by atoms with E-state index in [9.17, 15) is 0 Å². The van der Waals surface area contributed by atoms with Crippen molar-refractivity contribution >= 4 is 17.7 Å². The van der Waals surface area contributed by atoms with E-state index < -0.39 is 0 Å². The van der Waals surface area contributed by atoms with Crippen LogP contribution in [0.1, 0.15) is 44.8 Å². The van der Waals surface area contributed by atoms with Gasteiger partial charge in [-0.25, -0.2) is 0 Å². The highest BCUT2D eigenvalue weighted by molar-refractivity contribution is 8.00. The number of nitrogens with zero attached hydrogens (tertiary/aromatic N) is 4. The molecule has 0 aliphatic carbocycles. The lowest BCUT2D eigenvalue weighted by atomic mass is 10.2. The maximum Gasteiger partial charge on any atom is 0.228 e. The predicted octanol–water partition coefficient (Wildman–Crippen LogP) is 2.14.